The van der Waals surface area contributed by atoms with Crippen molar-refractivity contribution >= 4 is 41.5 Å². The van der Waals surface area contributed by atoms with Crippen LogP contribution in [-0.2, 0) is 21.1 Å². The van der Waals surface area contributed by atoms with Gasteiger partial charge < -0.3 is 18.3 Å². The summed E-state index contributed by atoms with van der Waals surface area (Å²) in [6, 6.07) is 65.7. The predicted octanol–water partition coefficient (Wildman–Crippen LogP) is 14.0. The van der Waals surface area contributed by atoms with Crippen molar-refractivity contribution in [2.24, 2.45) is 0 Å². The molecule has 8 heteroatoms. The molecule has 0 fully saturated rings. The minimum atomic E-state index is -3.35. The topological polar surface area (TPSA) is 42.1 Å². The first kappa shape index (κ1) is 46.6. The Morgan fingerprint density at radius 3 is 1.31 bits per heavy atom. The molecule has 68 heavy (non-hydrogen) atoms. The van der Waals surface area contributed by atoms with Crippen molar-refractivity contribution in [1.29, 1.82) is 0 Å². The number of fused-ring (bicyclic) bond motifs is 1. The third kappa shape index (κ3) is 7.89. The number of benzene rings is 7. The molecule has 3 heterocycles. The standard InChI is InChI=1S/C60H58N6Si.Pt/c1-41(2)51-29-19-30-52(42(3)4)57(51)63-37-35-61-59(63)45-21-18-24-48(39-45)66-56-40-46(60-62-36-38-64(60)58-53(43(5)6)31-20-32-54(58)44(7)8)33-34-55(56)65(47-22-12-9-13-23-47)67(66,49-25-14-10-15-26-49)50-27-16-11-17-28-50;/h9-38,41-44H,1-8H3;/q-2;+2. The fraction of sp³-hybridized carbons (Fsp3) is 0.200. The van der Waals surface area contributed by atoms with E-state index < -0.39 is 8.40 Å². The number of hydrogen-bond donors (Lipinski definition) is 0. The monoisotopic (exact) mass is 1090 g/mol. The Hall–Kier alpha value is -6.53. The van der Waals surface area contributed by atoms with Crippen LogP contribution in [0.25, 0.3) is 34.2 Å². The molecule has 0 atom stereocenters. The van der Waals surface area contributed by atoms with E-state index in [2.05, 4.69) is 256 Å². The fourth-order valence-electron chi connectivity index (χ4n) is 10.3. The Morgan fingerprint density at radius 2 is 0.853 bits per heavy atom. The van der Waals surface area contributed by atoms with Gasteiger partial charge in [-0.2, -0.15) is 0 Å². The number of para-hydroxylation sites is 3. The number of imidazole rings is 2. The Balaban J connectivity index is 0.00000578. The Morgan fingerprint density at radius 1 is 0.426 bits per heavy atom. The molecule has 7 aromatic carbocycles. The van der Waals surface area contributed by atoms with Crippen LogP contribution in [0.3, 0.4) is 0 Å². The summed E-state index contributed by atoms with van der Waals surface area (Å²) in [5.74, 6) is 2.99. The SMILES string of the molecule is CC(C)c1cccc(C(C)C)c1-n1ccnc1-c1[c-]c(N2c3[c-]c(-c4nccn4-c4c(C(C)C)cccc4C(C)C)ccc3N(c3ccccc3)[Si]2(c2ccccc2)c2ccccc2)ccc1.[Pt+2]. The molecule has 0 saturated heterocycles. The van der Waals surface area contributed by atoms with Gasteiger partial charge in [-0.05, 0) is 79.8 Å². The van der Waals surface area contributed by atoms with E-state index in [4.69, 9.17) is 9.97 Å². The summed E-state index contributed by atoms with van der Waals surface area (Å²) in [6.07, 6.45) is 8.09. The first-order valence-corrected chi connectivity index (χ1v) is 25.7. The summed E-state index contributed by atoms with van der Waals surface area (Å²) in [6.45, 7) is 18.2. The number of rotatable bonds is 12. The summed E-state index contributed by atoms with van der Waals surface area (Å²) < 4.78 is 9.80. The molecule has 342 valence electrons. The molecule has 1 aliphatic heterocycles. The Labute approximate surface area is 418 Å². The number of hydrogen-bond acceptors (Lipinski definition) is 4. The second kappa shape index (κ2) is 19.2. The van der Waals surface area contributed by atoms with Gasteiger partial charge in [0.2, 0.25) is 0 Å². The van der Waals surface area contributed by atoms with E-state index in [1.54, 1.807) is 0 Å². The molecular weight excluding hydrogens is 1030 g/mol. The van der Waals surface area contributed by atoms with Gasteiger partial charge in [0.05, 0.1) is 11.6 Å². The molecule has 0 saturated carbocycles. The first-order valence-electron chi connectivity index (χ1n) is 23.8. The second-order valence-electron chi connectivity index (χ2n) is 18.9. The maximum absolute atomic E-state index is 5.13. The van der Waals surface area contributed by atoms with Crippen molar-refractivity contribution in [3.63, 3.8) is 0 Å². The van der Waals surface area contributed by atoms with Crippen LogP contribution in [-0.4, -0.2) is 27.5 Å². The van der Waals surface area contributed by atoms with Crippen molar-refractivity contribution in [3.8, 4) is 34.2 Å². The molecule has 0 bridgehead atoms. The molecule has 1 aliphatic rings. The van der Waals surface area contributed by atoms with E-state index >= 15 is 0 Å². The molecule has 9 aromatic rings. The molecule has 0 aliphatic carbocycles. The van der Waals surface area contributed by atoms with Crippen LogP contribution < -0.4 is 19.5 Å². The maximum atomic E-state index is 5.13. The first-order chi connectivity index (χ1) is 32.6. The molecule has 10 rings (SSSR count). The van der Waals surface area contributed by atoms with E-state index in [9.17, 15) is 0 Å². The van der Waals surface area contributed by atoms with Gasteiger partial charge in [0.15, 0.2) is 0 Å². The van der Waals surface area contributed by atoms with Crippen molar-refractivity contribution < 1.29 is 21.1 Å². The number of nitrogens with zero attached hydrogens (tertiary/aromatic N) is 6. The van der Waals surface area contributed by atoms with Crippen LogP contribution in [0.15, 0.2) is 183 Å². The van der Waals surface area contributed by atoms with Gasteiger partial charge in [0.25, 0.3) is 0 Å². The van der Waals surface area contributed by atoms with E-state index in [-0.39, 0.29) is 21.1 Å². The average Bonchev–Trinajstić information content (AvgIpc) is 4.12. The van der Waals surface area contributed by atoms with Crippen LogP contribution in [0.1, 0.15) is 101 Å². The van der Waals surface area contributed by atoms with Gasteiger partial charge in [-0.3, -0.25) is 9.97 Å². The molecule has 2 aromatic heterocycles. The van der Waals surface area contributed by atoms with Crippen LogP contribution in [0, 0.1) is 12.1 Å². The summed E-state index contributed by atoms with van der Waals surface area (Å²) in [5, 5.41) is 2.47. The predicted molar refractivity (Wildman–Crippen MR) is 281 cm³/mol. The summed E-state index contributed by atoms with van der Waals surface area (Å²) in [5.41, 5.74) is 13.5. The molecule has 0 N–H and O–H groups in total. The molecule has 0 radical (unpaired) electrons. The van der Waals surface area contributed by atoms with E-state index in [0.29, 0.717) is 23.7 Å². The maximum Gasteiger partial charge on any atom is 2.00 e. The number of anilines is 4. The smallest absolute Gasteiger partial charge is 0.383 e. The molecule has 6 nitrogen and oxygen atoms in total. The fourth-order valence-corrected chi connectivity index (χ4v) is 15.2. The molecular formula is C60H58N6PtSi. The van der Waals surface area contributed by atoms with E-state index in [1.807, 2.05) is 12.4 Å². The minimum Gasteiger partial charge on any atom is -0.383 e. The van der Waals surface area contributed by atoms with Gasteiger partial charge >= 0.3 is 29.5 Å². The summed E-state index contributed by atoms with van der Waals surface area (Å²) in [4.78, 5) is 10.2. The van der Waals surface area contributed by atoms with Crippen molar-refractivity contribution in [1.82, 2.24) is 19.1 Å². The third-order valence-corrected chi connectivity index (χ3v) is 17.9. The average molecular weight is 1090 g/mol. The van der Waals surface area contributed by atoms with E-state index in [1.165, 1.54) is 44.0 Å². The summed E-state index contributed by atoms with van der Waals surface area (Å²) in [7, 11) is -3.35. The second-order valence-corrected chi connectivity index (χ2v) is 22.3. The minimum absolute atomic E-state index is 0. The summed E-state index contributed by atoms with van der Waals surface area (Å²) >= 11 is 0. The van der Waals surface area contributed by atoms with Crippen molar-refractivity contribution in [3.05, 3.63) is 217 Å². The van der Waals surface area contributed by atoms with Crippen LogP contribution in [0.4, 0.5) is 22.7 Å². The molecule has 0 amide bonds. The van der Waals surface area contributed by atoms with Crippen molar-refractivity contribution in [2.75, 3.05) is 9.13 Å². The van der Waals surface area contributed by atoms with Gasteiger partial charge in [-0.25, -0.2) is 0 Å². The van der Waals surface area contributed by atoms with Crippen LogP contribution in [0.5, 0.6) is 0 Å². The zero-order valence-corrected chi connectivity index (χ0v) is 43.4. The zero-order chi connectivity index (χ0) is 46.4. The van der Waals surface area contributed by atoms with Gasteiger partial charge in [-0.15, -0.1) is 53.6 Å². The Kier molecular flexibility index (Phi) is 13.2. The van der Waals surface area contributed by atoms with Crippen molar-refractivity contribution in [2.45, 2.75) is 79.1 Å². The zero-order valence-electron chi connectivity index (χ0n) is 40.1. The molecule has 0 unspecified atom stereocenters. The Bertz CT molecular complexity index is 3080. The molecule has 0 spiro atoms. The number of aromatic nitrogens is 4. The van der Waals surface area contributed by atoms with Gasteiger partial charge in [0.1, 0.15) is 0 Å². The normalized spacial score (nSPS) is 13.2. The van der Waals surface area contributed by atoms with Crippen LogP contribution >= 0.6 is 0 Å². The van der Waals surface area contributed by atoms with Gasteiger partial charge in [-0.1, -0.05) is 176 Å². The quantitative estimate of drug-likeness (QED) is 0.0903. The largest absolute Gasteiger partial charge is 2.00 e. The van der Waals surface area contributed by atoms with E-state index in [0.717, 1.165) is 45.5 Å². The third-order valence-electron chi connectivity index (χ3n) is 13.3. The van der Waals surface area contributed by atoms with Gasteiger partial charge in [0, 0.05) is 41.8 Å². The van der Waals surface area contributed by atoms with Crippen LogP contribution in [0.2, 0.25) is 0 Å².